The minimum atomic E-state index is -4.64. The zero-order valence-corrected chi connectivity index (χ0v) is 30.9. The van der Waals surface area contributed by atoms with Gasteiger partial charge in [-0.05, 0) is 47.5 Å². The van der Waals surface area contributed by atoms with Gasteiger partial charge in [0.25, 0.3) is 0 Å². The minimum Gasteiger partial charge on any atom is -0.489 e. The average Bonchev–Trinajstić information content (AvgIpc) is 3.23. The molecule has 2 atom stereocenters. The molecule has 6 nitrogen and oxygen atoms in total. The normalized spacial score (nSPS) is 12.2. The summed E-state index contributed by atoms with van der Waals surface area (Å²) in [5.41, 5.74) is 2.40. The first kappa shape index (κ1) is 42.6. The molecular formula is C46H38F6O6. The van der Waals surface area contributed by atoms with Crippen LogP contribution in [0.4, 0.5) is 26.3 Å². The molecule has 0 aliphatic carbocycles. The topological polar surface area (TPSA) is 71.1 Å². The molecule has 0 unspecified atom stereocenters. The van der Waals surface area contributed by atoms with Gasteiger partial charge in [0, 0.05) is 35.1 Å². The number of rotatable bonds is 16. The van der Waals surface area contributed by atoms with Crippen LogP contribution in [0.5, 0.6) is 23.0 Å². The van der Waals surface area contributed by atoms with E-state index >= 15 is 0 Å². The first-order valence-electron chi connectivity index (χ1n) is 18.0. The van der Waals surface area contributed by atoms with Crippen LogP contribution in [0.25, 0.3) is 0 Å². The highest BCUT2D eigenvalue weighted by molar-refractivity contribution is 5.77. The molecule has 0 aliphatic rings. The van der Waals surface area contributed by atoms with Gasteiger partial charge in [0.15, 0.2) is 23.0 Å². The highest BCUT2D eigenvalue weighted by atomic mass is 19.4. The quantitative estimate of drug-likeness (QED) is 0.0717. The summed E-state index contributed by atoms with van der Waals surface area (Å²) < 4.78 is 104. The Bertz CT molecular complexity index is 2010. The second-order valence-corrected chi connectivity index (χ2v) is 12.7. The van der Waals surface area contributed by atoms with E-state index in [0.717, 1.165) is 11.1 Å². The van der Waals surface area contributed by atoms with Gasteiger partial charge < -0.3 is 18.9 Å². The minimum absolute atomic E-state index is 0.0354. The van der Waals surface area contributed by atoms with Crippen molar-refractivity contribution in [2.24, 2.45) is 0 Å². The SMILES string of the molecule is O=Cc1ccc(OCCc2ccccc2)c(O[C@@H](c2ccccc2)C(F)(F)F)c1.O=Cc1ccc(OCCc2ccccc2)c(O[C@H](c2ccccc2)C(F)(F)F)c1. The average molecular weight is 801 g/mol. The van der Waals surface area contributed by atoms with E-state index in [1.54, 1.807) is 12.1 Å². The van der Waals surface area contributed by atoms with E-state index < -0.39 is 24.6 Å². The van der Waals surface area contributed by atoms with Gasteiger partial charge in [0.2, 0.25) is 12.2 Å². The lowest BCUT2D eigenvalue weighted by atomic mass is 10.1. The number of hydrogen-bond donors (Lipinski definition) is 0. The maximum Gasteiger partial charge on any atom is 0.429 e. The second-order valence-electron chi connectivity index (χ2n) is 12.7. The fourth-order valence-electron chi connectivity index (χ4n) is 5.62. The van der Waals surface area contributed by atoms with Crippen molar-refractivity contribution < 1.29 is 54.9 Å². The molecule has 0 spiro atoms. The lowest BCUT2D eigenvalue weighted by molar-refractivity contribution is -0.198. The van der Waals surface area contributed by atoms with E-state index in [4.69, 9.17) is 18.9 Å². The van der Waals surface area contributed by atoms with Crippen LogP contribution in [0.15, 0.2) is 158 Å². The molecule has 0 radical (unpaired) electrons. The molecule has 0 saturated heterocycles. The third-order valence-corrected chi connectivity index (χ3v) is 8.48. The predicted molar refractivity (Wildman–Crippen MR) is 207 cm³/mol. The number of carbonyl (C=O) groups excluding carboxylic acids is 2. The third-order valence-electron chi connectivity index (χ3n) is 8.48. The van der Waals surface area contributed by atoms with E-state index in [9.17, 15) is 35.9 Å². The standard InChI is InChI=1S/2C23H19F3O3/c2*24-23(25,26)22(19-9-5-2-6-10-19)29-21-15-18(16-27)11-12-20(21)28-14-13-17-7-3-1-4-8-17/h2*1-12,15-16,22H,13-14H2/t2*22-/m10/s1. The fraction of sp³-hybridized carbons (Fsp3) is 0.174. The third kappa shape index (κ3) is 12.7. The lowest BCUT2D eigenvalue weighted by Gasteiger charge is -2.23. The first-order valence-corrected chi connectivity index (χ1v) is 18.0. The lowest BCUT2D eigenvalue weighted by Crippen LogP contribution is -2.26. The number of aldehydes is 2. The van der Waals surface area contributed by atoms with Crippen molar-refractivity contribution >= 4 is 12.6 Å². The van der Waals surface area contributed by atoms with E-state index in [2.05, 4.69) is 0 Å². The van der Waals surface area contributed by atoms with Crippen LogP contribution in [0.2, 0.25) is 0 Å². The summed E-state index contributed by atoms with van der Waals surface area (Å²) in [5, 5.41) is 0. The van der Waals surface area contributed by atoms with Crippen molar-refractivity contribution in [2.75, 3.05) is 13.2 Å². The smallest absolute Gasteiger partial charge is 0.429 e. The highest BCUT2D eigenvalue weighted by Crippen LogP contribution is 2.41. The molecule has 0 N–H and O–H groups in total. The zero-order chi connectivity index (χ0) is 41.4. The summed E-state index contributed by atoms with van der Waals surface area (Å²) in [7, 11) is 0. The van der Waals surface area contributed by atoms with Crippen LogP contribution in [0.3, 0.4) is 0 Å². The Morgan fingerprint density at radius 1 is 0.431 bits per heavy atom. The summed E-state index contributed by atoms with van der Waals surface area (Å²) in [6.07, 6.45) is -11.4. The number of hydrogen-bond acceptors (Lipinski definition) is 6. The van der Waals surface area contributed by atoms with Crippen LogP contribution < -0.4 is 18.9 Å². The number of carbonyl (C=O) groups is 2. The molecular weight excluding hydrogens is 762 g/mol. The molecule has 12 heteroatoms. The summed E-state index contributed by atoms with van der Waals surface area (Å²) in [5.74, 6) is 0.0381. The van der Waals surface area contributed by atoms with E-state index in [1.165, 1.54) is 84.9 Å². The molecule has 0 heterocycles. The molecule has 6 rings (SSSR count). The molecule has 6 aromatic carbocycles. The molecule has 0 saturated carbocycles. The Labute approximate surface area is 331 Å². The molecule has 58 heavy (non-hydrogen) atoms. The monoisotopic (exact) mass is 800 g/mol. The maximum absolute atomic E-state index is 13.6. The largest absolute Gasteiger partial charge is 0.489 e. The van der Waals surface area contributed by atoms with Gasteiger partial charge >= 0.3 is 12.4 Å². The van der Waals surface area contributed by atoms with Gasteiger partial charge in [0.05, 0.1) is 13.2 Å². The van der Waals surface area contributed by atoms with E-state index in [0.29, 0.717) is 25.4 Å². The molecule has 0 amide bonds. The van der Waals surface area contributed by atoms with Gasteiger partial charge in [-0.25, -0.2) is 0 Å². The molecule has 0 bridgehead atoms. The van der Waals surface area contributed by atoms with E-state index in [-0.39, 0.29) is 58.5 Å². The van der Waals surface area contributed by atoms with Gasteiger partial charge in [-0.1, -0.05) is 121 Å². The van der Waals surface area contributed by atoms with Crippen LogP contribution in [0, 0.1) is 0 Å². The number of benzene rings is 6. The van der Waals surface area contributed by atoms with Crippen molar-refractivity contribution in [3.63, 3.8) is 0 Å². The highest BCUT2D eigenvalue weighted by Gasteiger charge is 2.44. The summed E-state index contributed by atoms with van der Waals surface area (Å²) in [4.78, 5) is 22.2. The van der Waals surface area contributed by atoms with Crippen LogP contribution in [0.1, 0.15) is 55.2 Å². The van der Waals surface area contributed by atoms with Gasteiger partial charge in [-0.15, -0.1) is 0 Å². The first-order chi connectivity index (χ1) is 27.9. The molecule has 0 fully saturated rings. The van der Waals surface area contributed by atoms with Gasteiger partial charge in [-0.3, -0.25) is 9.59 Å². The number of alkyl halides is 6. The summed E-state index contributed by atoms with van der Waals surface area (Å²) >= 11 is 0. The Morgan fingerprint density at radius 3 is 1.07 bits per heavy atom. The summed E-state index contributed by atoms with van der Waals surface area (Å²) in [6, 6.07) is 42.2. The molecule has 6 aromatic rings. The predicted octanol–water partition coefficient (Wildman–Crippen LogP) is 11.6. The molecule has 0 aromatic heterocycles. The Morgan fingerprint density at radius 2 is 0.759 bits per heavy atom. The van der Waals surface area contributed by atoms with Crippen LogP contribution in [-0.4, -0.2) is 38.1 Å². The van der Waals surface area contributed by atoms with Crippen molar-refractivity contribution in [1.82, 2.24) is 0 Å². The van der Waals surface area contributed by atoms with Crippen molar-refractivity contribution in [1.29, 1.82) is 0 Å². The maximum atomic E-state index is 13.6. The van der Waals surface area contributed by atoms with Crippen molar-refractivity contribution in [3.05, 3.63) is 191 Å². The van der Waals surface area contributed by atoms with E-state index in [1.807, 2.05) is 60.7 Å². The van der Waals surface area contributed by atoms with Gasteiger partial charge in [0.1, 0.15) is 12.6 Å². The Kier molecular flexibility index (Phi) is 15.1. The zero-order valence-electron chi connectivity index (χ0n) is 30.9. The second kappa shape index (κ2) is 20.6. The Balaban J connectivity index is 0.000000221. The van der Waals surface area contributed by atoms with Crippen LogP contribution in [-0.2, 0) is 12.8 Å². The number of halogens is 6. The van der Waals surface area contributed by atoms with Crippen molar-refractivity contribution in [2.45, 2.75) is 37.4 Å². The van der Waals surface area contributed by atoms with Gasteiger partial charge in [-0.2, -0.15) is 26.3 Å². The summed E-state index contributed by atoms with van der Waals surface area (Å²) in [6.45, 7) is 0.506. The number of ether oxygens (including phenoxy) is 4. The molecule has 300 valence electrons. The molecule has 0 aliphatic heterocycles. The fourth-order valence-corrected chi connectivity index (χ4v) is 5.62. The van der Waals surface area contributed by atoms with Crippen molar-refractivity contribution in [3.8, 4) is 23.0 Å². The van der Waals surface area contributed by atoms with Crippen LogP contribution >= 0.6 is 0 Å². The Hall–Kier alpha value is -6.56.